The molecule has 2 aliphatic heterocycles. The second kappa shape index (κ2) is 4.34. The van der Waals surface area contributed by atoms with Crippen LogP contribution < -0.4 is 5.32 Å². The van der Waals surface area contributed by atoms with E-state index in [2.05, 4.69) is 24.1 Å². The molecule has 0 bridgehead atoms. The minimum atomic E-state index is 0.0291. The number of piperazine rings is 1. The number of carbonyl (C=O) groups excluding carboxylic acids is 1. The number of likely N-dealkylation sites (tertiary alicyclic amines) is 1. The van der Waals surface area contributed by atoms with E-state index in [4.69, 9.17) is 0 Å². The first kappa shape index (κ1) is 11.9. The minimum absolute atomic E-state index is 0.0291. The summed E-state index contributed by atoms with van der Waals surface area (Å²) in [5.74, 6) is 0.211. The van der Waals surface area contributed by atoms with Gasteiger partial charge >= 0.3 is 0 Å². The number of carbonyl (C=O) groups is 1. The molecule has 0 aliphatic carbocycles. The highest BCUT2D eigenvalue weighted by Crippen LogP contribution is 2.31. The van der Waals surface area contributed by atoms with E-state index >= 15 is 0 Å². The van der Waals surface area contributed by atoms with Crippen molar-refractivity contribution in [3.63, 3.8) is 0 Å². The summed E-state index contributed by atoms with van der Waals surface area (Å²) in [4.78, 5) is 16.1. The molecule has 1 atom stereocenters. The van der Waals surface area contributed by atoms with Crippen molar-refractivity contribution in [3.8, 4) is 0 Å². The van der Waals surface area contributed by atoms with Gasteiger partial charge in [-0.25, -0.2) is 0 Å². The third-order valence-electron chi connectivity index (χ3n) is 3.91. The maximum Gasteiger partial charge on any atom is 0.219 e. The first-order valence-corrected chi connectivity index (χ1v) is 6.24. The van der Waals surface area contributed by atoms with Crippen molar-refractivity contribution in [2.24, 2.45) is 0 Å². The van der Waals surface area contributed by atoms with Crippen molar-refractivity contribution >= 4 is 5.91 Å². The van der Waals surface area contributed by atoms with Crippen molar-refractivity contribution in [2.45, 2.75) is 38.8 Å². The summed E-state index contributed by atoms with van der Waals surface area (Å²) in [7, 11) is 0. The molecule has 2 saturated heterocycles. The molecule has 4 heteroatoms. The third-order valence-corrected chi connectivity index (χ3v) is 3.91. The lowest BCUT2D eigenvalue weighted by Crippen LogP contribution is -2.49. The fraction of sp³-hybridized carbons (Fsp3) is 0.917. The van der Waals surface area contributed by atoms with E-state index in [1.165, 1.54) is 0 Å². The molecular formula is C12H23N3O. The second-order valence-corrected chi connectivity index (χ2v) is 5.59. The van der Waals surface area contributed by atoms with Gasteiger partial charge in [0.2, 0.25) is 5.91 Å². The van der Waals surface area contributed by atoms with Gasteiger partial charge in [0.25, 0.3) is 0 Å². The van der Waals surface area contributed by atoms with Gasteiger partial charge in [0.15, 0.2) is 0 Å². The summed E-state index contributed by atoms with van der Waals surface area (Å²) in [6.45, 7) is 11.3. The monoisotopic (exact) mass is 225 g/mol. The topological polar surface area (TPSA) is 35.6 Å². The fourth-order valence-corrected chi connectivity index (χ4v) is 3.06. The lowest BCUT2D eigenvalue weighted by atomic mass is 9.99. The zero-order valence-corrected chi connectivity index (χ0v) is 10.6. The Kier molecular flexibility index (Phi) is 3.22. The number of nitrogens with zero attached hydrogens (tertiary/aromatic N) is 2. The van der Waals surface area contributed by atoms with Gasteiger partial charge in [0.05, 0.1) is 0 Å². The van der Waals surface area contributed by atoms with E-state index in [0.717, 1.165) is 39.1 Å². The van der Waals surface area contributed by atoms with Crippen molar-refractivity contribution in [1.29, 1.82) is 0 Å². The third kappa shape index (κ3) is 2.23. The van der Waals surface area contributed by atoms with Crippen LogP contribution in [-0.2, 0) is 4.79 Å². The Morgan fingerprint density at radius 1 is 1.31 bits per heavy atom. The molecule has 0 aromatic rings. The zero-order valence-electron chi connectivity index (χ0n) is 10.6. The van der Waals surface area contributed by atoms with Crippen molar-refractivity contribution < 1.29 is 4.79 Å². The van der Waals surface area contributed by atoms with Crippen LogP contribution in [0.25, 0.3) is 0 Å². The number of amides is 1. The van der Waals surface area contributed by atoms with Gasteiger partial charge in [0.1, 0.15) is 0 Å². The highest BCUT2D eigenvalue weighted by atomic mass is 16.2. The van der Waals surface area contributed by atoms with Crippen LogP contribution in [0.15, 0.2) is 0 Å². The highest BCUT2D eigenvalue weighted by molar-refractivity contribution is 5.74. The van der Waals surface area contributed by atoms with E-state index in [-0.39, 0.29) is 11.4 Å². The molecule has 0 aromatic carbocycles. The van der Waals surface area contributed by atoms with Crippen LogP contribution in [0.2, 0.25) is 0 Å². The van der Waals surface area contributed by atoms with Gasteiger partial charge in [-0.1, -0.05) is 0 Å². The predicted octanol–water partition coefficient (Wildman–Crippen LogP) is 0.291. The van der Waals surface area contributed by atoms with Crippen LogP contribution in [0.1, 0.15) is 27.2 Å². The first-order valence-electron chi connectivity index (χ1n) is 6.24. The average molecular weight is 225 g/mol. The molecule has 4 nitrogen and oxygen atoms in total. The van der Waals surface area contributed by atoms with Crippen LogP contribution in [0.5, 0.6) is 0 Å². The lowest BCUT2D eigenvalue weighted by Gasteiger charge is -2.32. The van der Waals surface area contributed by atoms with Crippen molar-refractivity contribution in [3.05, 3.63) is 0 Å². The van der Waals surface area contributed by atoms with Gasteiger partial charge in [-0.15, -0.1) is 0 Å². The van der Waals surface area contributed by atoms with E-state index in [1.54, 1.807) is 6.92 Å². The first-order chi connectivity index (χ1) is 7.50. The molecule has 16 heavy (non-hydrogen) atoms. The molecular weight excluding hydrogens is 202 g/mol. The van der Waals surface area contributed by atoms with Crippen LogP contribution in [-0.4, -0.2) is 60.0 Å². The van der Waals surface area contributed by atoms with Gasteiger partial charge < -0.3 is 10.2 Å². The van der Waals surface area contributed by atoms with Crippen LogP contribution in [0.4, 0.5) is 0 Å². The molecule has 1 unspecified atom stereocenters. The molecule has 1 amide bonds. The summed E-state index contributed by atoms with van der Waals surface area (Å²) in [5, 5.41) is 3.37. The molecule has 2 fully saturated rings. The van der Waals surface area contributed by atoms with E-state index in [9.17, 15) is 4.79 Å². The molecule has 0 radical (unpaired) electrons. The molecule has 0 aromatic heterocycles. The van der Waals surface area contributed by atoms with E-state index < -0.39 is 0 Å². The van der Waals surface area contributed by atoms with E-state index in [0.29, 0.717) is 6.04 Å². The average Bonchev–Trinajstić information content (AvgIpc) is 2.56. The standard InChI is InChI=1S/C12H23N3O/c1-10(16)15-9-11(8-12(15,2)3)14-6-4-13-5-7-14/h11,13H,4-9H2,1-3H3. The van der Waals surface area contributed by atoms with Crippen LogP contribution in [0, 0.1) is 0 Å². The second-order valence-electron chi connectivity index (χ2n) is 5.59. The van der Waals surface area contributed by atoms with Gasteiger partial charge in [-0.05, 0) is 20.3 Å². The number of rotatable bonds is 1. The molecule has 2 rings (SSSR count). The van der Waals surface area contributed by atoms with E-state index in [1.807, 2.05) is 4.90 Å². The Bertz CT molecular complexity index is 271. The smallest absolute Gasteiger partial charge is 0.219 e. The maximum atomic E-state index is 11.6. The van der Waals surface area contributed by atoms with Crippen LogP contribution in [0.3, 0.4) is 0 Å². The largest absolute Gasteiger partial charge is 0.336 e. The zero-order chi connectivity index (χ0) is 11.8. The molecule has 0 saturated carbocycles. The Labute approximate surface area is 98.0 Å². The lowest BCUT2D eigenvalue weighted by molar-refractivity contribution is -0.132. The SMILES string of the molecule is CC(=O)N1CC(N2CCNCC2)CC1(C)C. The number of hydrogen-bond acceptors (Lipinski definition) is 3. The molecule has 2 heterocycles. The Morgan fingerprint density at radius 3 is 2.44 bits per heavy atom. The Morgan fingerprint density at radius 2 is 1.94 bits per heavy atom. The molecule has 92 valence electrons. The molecule has 0 spiro atoms. The maximum absolute atomic E-state index is 11.6. The van der Waals surface area contributed by atoms with Crippen molar-refractivity contribution in [1.82, 2.24) is 15.1 Å². The summed E-state index contributed by atoms with van der Waals surface area (Å²) in [5.41, 5.74) is 0.0291. The Hall–Kier alpha value is -0.610. The minimum Gasteiger partial charge on any atom is -0.336 e. The quantitative estimate of drug-likeness (QED) is 0.697. The highest BCUT2D eigenvalue weighted by Gasteiger charge is 2.41. The number of hydrogen-bond donors (Lipinski definition) is 1. The summed E-state index contributed by atoms with van der Waals surface area (Å²) < 4.78 is 0. The van der Waals surface area contributed by atoms with Crippen molar-refractivity contribution in [2.75, 3.05) is 32.7 Å². The molecule has 2 aliphatic rings. The molecule has 1 N–H and O–H groups in total. The van der Waals surface area contributed by atoms with Gasteiger partial charge in [-0.3, -0.25) is 9.69 Å². The summed E-state index contributed by atoms with van der Waals surface area (Å²) >= 11 is 0. The summed E-state index contributed by atoms with van der Waals surface area (Å²) in [6.07, 6.45) is 1.10. The van der Waals surface area contributed by atoms with Gasteiger partial charge in [-0.2, -0.15) is 0 Å². The predicted molar refractivity (Wildman–Crippen MR) is 64.3 cm³/mol. The Balaban J connectivity index is 2.01. The fourth-order valence-electron chi connectivity index (χ4n) is 3.06. The van der Waals surface area contributed by atoms with Crippen LogP contribution >= 0.6 is 0 Å². The normalized spacial score (nSPS) is 30.7. The number of nitrogens with one attached hydrogen (secondary N) is 1. The summed E-state index contributed by atoms with van der Waals surface area (Å²) in [6, 6.07) is 0.556. The van der Waals surface area contributed by atoms with Gasteiger partial charge in [0, 0.05) is 51.2 Å².